The molecule has 5 heteroatoms. The van der Waals surface area contributed by atoms with E-state index in [1.54, 1.807) is 7.11 Å². The van der Waals surface area contributed by atoms with Crippen LogP contribution in [0.1, 0.15) is 56.9 Å². The Balaban J connectivity index is 1.64. The van der Waals surface area contributed by atoms with Crippen molar-refractivity contribution in [2.75, 3.05) is 33.9 Å². The molecular formula is C21H35N3O2. The molecule has 0 amide bonds. The summed E-state index contributed by atoms with van der Waals surface area (Å²) in [5.74, 6) is 2.10. The topological polar surface area (TPSA) is 54.9 Å². The van der Waals surface area contributed by atoms with Gasteiger partial charge in [0.2, 0.25) is 0 Å². The minimum atomic E-state index is 0.333. The summed E-state index contributed by atoms with van der Waals surface area (Å²) in [4.78, 5) is 4.31. The van der Waals surface area contributed by atoms with Crippen molar-refractivity contribution in [2.45, 2.75) is 57.5 Å². The summed E-state index contributed by atoms with van der Waals surface area (Å²) in [7, 11) is 3.52. The maximum atomic E-state index is 5.97. The van der Waals surface area contributed by atoms with Gasteiger partial charge in [-0.1, -0.05) is 44.4 Å². The number of nitrogens with zero attached hydrogens (tertiary/aromatic N) is 1. The largest absolute Gasteiger partial charge is 0.496 e. The van der Waals surface area contributed by atoms with Crippen molar-refractivity contribution in [1.29, 1.82) is 0 Å². The zero-order valence-electron chi connectivity index (χ0n) is 16.6. The van der Waals surface area contributed by atoms with Crippen LogP contribution in [0.4, 0.5) is 0 Å². The second-order valence-corrected chi connectivity index (χ2v) is 7.01. The summed E-state index contributed by atoms with van der Waals surface area (Å²) in [5.41, 5.74) is 1.21. The van der Waals surface area contributed by atoms with Crippen molar-refractivity contribution in [1.82, 2.24) is 10.6 Å². The summed E-state index contributed by atoms with van der Waals surface area (Å²) >= 11 is 0. The van der Waals surface area contributed by atoms with E-state index >= 15 is 0 Å². The predicted molar refractivity (Wildman–Crippen MR) is 108 cm³/mol. The van der Waals surface area contributed by atoms with Gasteiger partial charge in [0.15, 0.2) is 5.96 Å². The van der Waals surface area contributed by atoms with E-state index in [0.29, 0.717) is 12.0 Å². The van der Waals surface area contributed by atoms with Crippen LogP contribution in [-0.2, 0) is 4.74 Å². The lowest BCUT2D eigenvalue weighted by Gasteiger charge is -2.22. The summed E-state index contributed by atoms with van der Waals surface area (Å²) in [6.45, 7) is 4.69. The van der Waals surface area contributed by atoms with Gasteiger partial charge in [-0.05, 0) is 30.9 Å². The Kier molecular flexibility index (Phi) is 9.32. The van der Waals surface area contributed by atoms with E-state index in [1.807, 2.05) is 25.2 Å². The first-order valence-electron chi connectivity index (χ1n) is 9.93. The average molecular weight is 362 g/mol. The molecule has 1 aromatic rings. The van der Waals surface area contributed by atoms with Gasteiger partial charge in [0.05, 0.1) is 13.2 Å². The minimum Gasteiger partial charge on any atom is -0.496 e. The Labute approximate surface area is 158 Å². The Morgan fingerprint density at radius 2 is 1.96 bits per heavy atom. The second kappa shape index (κ2) is 11.8. The van der Waals surface area contributed by atoms with E-state index in [-0.39, 0.29) is 0 Å². The summed E-state index contributed by atoms with van der Waals surface area (Å²) in [6.07, 6.45) is 7.97. The molecule has 1 saturated carbocycles. The van der Waals surface area contributed by atoms with Gasteiger partial charge in [0.25, 0.3) is 0 Å². The highest BCUT2D eigenvalue weighted by atomic mass is 16.5. The van der Waals surface area contributed by atoms with Gasteiger partial charge in [-0.15, -0.1) is 0 Å². The van der Waals surface area contributed by atoms with Crippen molar-refractivity contribution in [2.24, 2.45) is 4.99 Å². The number of aliphatic imine (C=N–C) groups is 1. The maximum Gasteiger partial charge on any atom is 0.190 e. The number of rotatable bonds is 9. The molecule has 0 aliphatic heterocycles. The smallest absolute Gasteiger partial charge is 0.190 e. The lowest BCUT2D eigenvalue weighted by atomic mass is 9.98. The molecule has 5 nitrogen and oxygen atoms in total. The Morgan fingerprint density at radius 1 is 1.19 bits per heavy atom. The molecule has 0 heterocycles. The molecule has 2 rings (SSSR count). The van der Waals surface area contributed by atoms with Crippen LogP contribution in [0, 0.1) is 0 Å². The number of methoxy groups -OCH3 is 1. The van der Waals surface area contributed by atoms with Gasteiger partial charge in [0, 0.05) is 32.7 Å². The zero-order valence-corrected chi connectivity index (χ0v) is 16.6. The van der Waals surface area contributed by atoms with E-state index < -0.39 is 0 Å². The molecule has 1 aliphatic rings. The van der Waals surface area contributed by atoms with Crippen LogP contribution in [0.25, 0.3) is 0 Å². The number of benzene rings is 1. The third kappa shape index (κ3) is 6.87. The highest BCUT2D eigenvalue weighted by Gasteiger charge is 2.13. The lowest BCUT2D eigenvalue weighted by Crippen LogP contribution is -2.39. The highest BCUT2D eigenvalue weighted by molar-refractivity contribution is 5.79. The lowest BCUT2D eigenvalue weighted by molar-refractivity contribution is 0.0277. The molecule has 2 N–H and O–H groups in total. The van der Waals surface area contributed by atoms with E-state index in [9.17, 15) is 0 Å². The minimum absolute atomic E-state index is 0.333. The Hall–Kier alpha value is -1.75. The van der Waals surface area contributed by atoms with Crippen molar-refractivity contribution in [3.05, 3.63) is 29.8 Å². The van der Waals surface area contributed by atoms with Crippen LogP contribution in [0.5, 0.6) is 5.75 Å². The van der Waals surface area contributed by atoms with E-state index in [1.165, 1.54) is 37.7 Å². The van der Waals surface area contributed by atoms with Gasteiger partial charge in [-0.3, -0.25) is 4.99 Å². The molecule has 0 saturated heterocycles. The molecule has 0 aromatic heterocycles. The first-order valence-corrected chi connectivity index (χ1v) is 9.93. The Bertz CT molecular complexity index is 542. The summed E-state index contributed by atoms with van der Waals surface area (Å²) in [6, 6.07) is 8.17. The van der Waals surface area contributed by atoms with Gasteiger partial charge in [-0.2, -0.15) is 0 Å². The third-order valence-electron chi connectivity index (χ3n) is 4.99. The fourth-order valence-electron chi connectivity index (χ4n) is 3.41. The molecule has 1 unspecified atom stereocenters. The molecule has 0 radical (unpaired) electrons. The van der Waals surface area contributed by atoms with Crippen LogP contribution in [0.2, 0.25) is 0 Å². The molecule has 1 fully saturated rings. The average Bonchev–Trinajstić information content (AvgIpc) is 2.70. The maximum absolute atomic E-state index is 5.97. The number of guanidine groups is 1. The quantitative estimate of drug-likeness (QED) is 0.400. The fraction of sp³-hybridized carbons (Fsp3) is 0.667. The monoisotopic (exact) mass is 361 g/mol. The first-order chi connectivity index (χ1) is 12.7. The molecule has 0 spiro atoms. The summed E-state index contributed by atoms with van der Waals surface area (Å²) in [5, 5.41) is 6.77. The van der Waals surface area contributed by atoms with E-state index in [2.05, 4.69) is 28.6 Å². The molecular weight excluding hydrogens is 326 g/mol. The van der Waals surface area contributed by atoms with Crippen molar-refractivity contribution >= 4 is 5.96 Å². The predicted octanol–water partition coefficient (Wildman–Crippen LogP) is 3.70. The van der Waals surface area contributed by atoms with Crippen LogP contribution >= 0.6 is 0 Å². The van der Waals surface area contributed by atoms with Crippen molar-refractivity contribution in [3.8, 4) is 5.75 Å². The molecule has 26 heavy (non-hydrogen) atoms. The van der Waals surface area contributed by atoms with Crippen LogP contribution in [0.3, 0.4) is 0 Å². The molecule has 1 aromatic carbocycles. The van der Waals surface area contributed by atoms with Crippen molar-refractivity contribution < 1.29 is 9.47 Å². The SMILES string of the molecule is CN=C(NCCCOC1CCCCC1)NCC(C)c1ccccc1OC. The van der Waals surface area contributed by atoms with Gasteiger partial charge < -0.3 is 20.1 Å². The van der Waals surface area contributed by atoms with Crippen LogP contribution in [-0.4, -0.2) is 45.9 Å². The van der Waals surface area contributed by atoms with Crippen molar-refractivity contribution in [3.63, 3.8) is 0 Å². The van der Waals surface area contributed by atoms with E-state index in [4.69, 9.17) is 9.47 Å². The van der Waals surface area contributed by atoms with Gasteiger partial charge in [-0.25, -0.2) is 0 Å². The van der Waals surface area contributed by atoms with Gasteiger partial charge >= 0.3 is 0 Å². The van der Waals surface area contributed by atoms with Crippen LogP contribution in [0.15, 0.2) is 29.3 Å². The first kappa shape index (κ1) is 20.6. The molecule has 0 bridgehead atoms. The fourth-order valence-corrected chi connectivity index (χ4v) is 3.41. The Morgan fingerprint density at radius 3 is 2.69 bits per heavy atom. The van der Waals surface area contributed by atoms with Crippen LogP contribution < -0.4 is 15.4 Å². The molecule has 1 aliphatic carbocycles. The number of ether oxygens (including phenoxy) is 2. The number of hydrogen-bond acceptors (Lipinski definition) is 3. The highest BCUT2D eigenvalue weighted by Crippen LogP contribution is 2.25. The standard InChI is InChI=1S/C21H35N3O2/c1-17(19-12-7-8-13-20(19)25-3)16-24-21(22-2)23-14-9-15-26-18-10-5-4-6-11-18/h7-8,12-13,17-18H,4-6,9-11,14-16H2,1-3H3,(H2,22,23,24). The normalized spacial score (nSPS) is 17.0. The molecule has 1 atom stereocenters. The number of hydrogen-bond donors (Lipinski definition) is 2. The second-order valence-electron chi connectivity index (χ2n) is 7.01. The van der Waals surface area contributed by atoms with Gasteiger partial charge in [0.1, 0.15) is 5.75 Å². The number of para-hydroxylation sites is 1. The number of nitrogens with one attached hydrogen (secondary N) is 2. The summed E-state index contributed by atoms with van der Waals surface area (Å²) < 4.78 is 11.4. The third-order valence-corrected chi connectivity index (χ3v) is 4.99. The van der Waals surface area contributed by atoms with E-state index in [0.717, 1.165) is 37.8 Å². The zero-order chi connectivity index (χ0) is 18.6. The molecule has 146 valence electrons.